The number of rotatable bonds is 15. The molecule has 0 N–H and O–H groups in total. The first-order valence-corrected chi connectivity index (χ1v) is 17.0. The van der Waals surface area contributed by atoms with Crippen molar-refractivity contribution in [2.75, 3.05) is 6.61 Å². The second-order valence-corrected chi connectivity index (χ2v) is 12.2. The number of benzene rings is 5. The van der Waals surface area contributed by atoms with E-state index in [4.69, 9.17) is 28.4 Å². The molecule has 0 aliphatic carbocycles. The molecule has 270 valence electrons. The lowest BCUT2D eigenvalue weighted by atomic mass is 9.97. The van der Waals surface area contributed by atoms with Crippen LogP contribution < -0.4 is 0 Å². The van der Waals surface area contributed by atoms with Crippen LogP contribution >= 0.6 is 0 Å². The number of alkyl halides is 3. The number of ether oxygens (including phenoxy) is 6. The Bertz CT molecular complexity index is 1780. The molecule has 0 bridgehead atoms. The van der Waals surface area contributed by atoms with Gasteiger partial charge in [-0.2, -0.15) is 13.2 Å². The molecule has 0 saturated carbocycles. The lowest BCUT2D eigenvalue weighted by Gasteiger charge is -2.45. The van der Waals surface area contributed by atoms with Gasteiger partial charge in [-0.15, -0.1) is 0 Å². The third kappa shape index (κ3) is 10.8. The average molecular weight is 712 g/mol. The molecule has 0 spiro atoms. The minimum absolute atomic E-state index is 0.0394. The summed E-state index contributed by atoms with van der Waals surface area (Å²) in [6, 6.07) is 45.7. The zero-order valence-electron chi connectivity index (χ0n) is 28.4. The second kappa shape index (κ2) is 18.6. The highest BCUT2D eigenvalue weighted by Crippen LogP contribution is 2.34. The van der Waals surface area contributed by atoms with Crippen LogP contribution in [0.25, 0.3) is 0 Å². The average Bonchev–Trinajstić information content (AvgIpc) is 3.17. The molecule has 1 saturated heterocycles. The van der Waals surface area contributed by atoms with E-state index in [2.05, 4.69) is 4.99 Å². The van der Waals surface area contributed by atoms with Gasteiger partial charge in [0.05, 0.1) is 38.7 Å². The van der Waals surface area contributed by atoms with Crippen LogP contribution in [0.5, 0.6) is 0 Å². The maximum Gasteiger partial charge on any atom is 0.468 e. The van der Waals surface area contributed by atoms with Crippen LogP contribution in [0.2, 0.25) is 0 Å². The summed E-state index contributed by atoms with van der Waals surface area (Å²) in [6.07, 6.45) is -10.5. The summed E-state index contributed by atoms with van der Waals surface area (Å²) in [4.78, 5) is 3.85. The van der Waals surface area contributed by atoms with E-state index in [1.807, 2.05) is 121 Å². The number of nitrogens with zero attached hydrogens (tertiary/aromatic N) is 1. The van der Waals surface area contributed by atoms with E-state index in [1.54, 1.807) is 18.2 Å². The normalized spacial score (nSPS) is 20.8. The molecule has 0 aromatic heterocycles. The third-order valence-electron chi connectivity index (χ3n) is 8.30. The maximum atomic E-state index is 14.6. The SMILES string of the molecule is FC(F)(F)C(=Nc1ccccc1)OC1O[C@H](COCc2ccccc2)[C@H](OCc2ccccc2)[C@H](OCc2ccccc2)[C@H]1OCc1ccccc1. The summed E-state index contributed by atoms with van der Waals surface area (Å²) < 4.78 is 81.8. The van der Waals surface area contributed by atoms with Gasteiger partial charge >= 0.3 is 6.18 Å². The highest BCUT2D eigenvalue weighted by Gasteiger charge is 2.52. The van der Waals surface area contributed by atoms with Gasteiger partial charge in [-0.05, 0) is 34.4 Å². The molecule has 7 nitrogen and oxygen atoms in total. The van der Waals surface area contributed by atoms with Crippen molar-refractivity contribution >= 4 is 11.6 Å². The Morgan fingerprint density at radius 3 is 1.38 bits per heavy atom. The summed E-state index contributed by atoms with van der Waals surface area (Å²) in [7, 11) is 0. The Labute approximate surface area is 301 Å². The van der Waals surface area contributed by atoms with Crippen LogP contribution in [0, 0.1) is 0 Å². The fourth-order valence-corrected chi connectivity index (χ4v) is 5.73. The van der Waals surface area contributed by atoms with Crippen molar-refractivity contribution in [2.24, 2.45) is 4.99 Å². The minimum atomic E-state index is -4.95. The Kier molecular flexibility index (Phi) is 13.2. The van der Waals surface area contributed by atoms with Gasteiger partial charge in [0, 0.05) is 0 Å². The van der Waals surface area contributed by atoms with E-state index in [0.717, 1.165) is 22.3 Å². The minimum Gasteiger partial charge on any atom is -0.441 e. The van der Waals surface area contributed by atoms with Crippen LogP contribution in [-0.2, 0) is 54.8 Å². The molecular formula is C42H40F3NO6. The summed E-state index contributed by atoms with van der Waals surface area (Å²) >= 11 is 0. The van der Waals surface area contributed by atoms with Crippen molar-refractivity contribution < 1.29 is 41.6 Å². The molecule has 1 aliphatic rings. The standard InChI is InChI=1S/C42H40F3NO6/c43-42(44,45)41(46-35-24-14-5-15-25-35)52-40-39(50-29-34-22-12-4-13-23-34)38(49-28-33-20-10-3-11-21-33)37(48-27-32-18-8-2-9-19-32)36(51-40)30-47-26-31-16-6-1-7-17-31/h1-25,36-40H,26-30H2/t36-,37+,38+,39-,40?/m1/s1. The lowest BCUT2D eigenvalue weighted by Crippen LogP contribution is -2.62. The quantitative estimate of drug-likeness (QED) is 0.0798. The molecule has 1 unspecified atom stereocenters. The van der Waals surface area contributed by atoms with Crippen LogP contribution in [0.1, 0.15) is 22.3 Å². The van der Waals surface area contributed by atoms with Crippen molar-refractivity contribution in [1.82, 2.24) is 0 Å². The van der Waals surface area contributed by atoms with Crippen LogP contribution in [0.3, 0.4) is 0 Å². The molecule has 52 heavy (non-hydrogen) atoms. The van der Waals surface area contributed by atoms with Crippen molar-refractivity contribution in [3.63, 3.8) is 0 Å². The number of para-hydroxylation sites is 1. The van der Waals surface area contributed by atoms with Gasteiger partial charge < -0.3 is 28.4 Å². The smallest absolute Gasteiger partial charge is 0.441 e. The van der Waals surface area contributed by atoms with Crippen molar-refractivity contribution in [3.05, 3.63) is 174 Å². The fourth-order valence-electron chi connectivity index (χ4n) is 5.73. The van der Waals surface area contributed by atoms with Crippen LogP contribution in [0.4, 0.5) is 18.9 Å². The van der Waals surface area contributed by atoms with Crippen molar-refractivity contribution in [1.29, 1.82) is 0 Å². The van der Waals surface area contributed by atoms with E-state index in [9.17, 15) is 13.2 Å². The predicted molar refractivity (Wildman–Crippen MR) is 190 cm³/mol. The highest BCUT2D eigenvalue weighted by molar-refractivity contribution is 5.84. The Morgan fingerprint density at radius 1 is 0.519 bits per heavy atom. The summed E-state index contributed by atoms with van der Waals surface area (Å²) in [5.41, 5.74) is 3.53. The fraction of sp³-hybridized carbons (Fsp3) is 0.262. The topological polar surface area (TPSA) is 67.7 Å². The van der Waals surface area contributed by atoms with Gasteiger partial charge in [0.2, 0.25) is 6.29 Å². The van der Waals surface area contributed by atoms with E-state index >= 15 is 0 Å². The molecule has 1 fully saturated rings. The summed E-state index contributed by atoms with van der Waals surface area (Å²) in [5, 5.41) is 0. The zero-order valence-corrected chi connectivity index (χ0v) is 28.4. The van der Waals surface area contributed by atoms with Gasteiger partial charge in [-0.3, -0.25) is 0 Å². The molecular weight excluding hydrogens is 671 g/mol. The van der Waals surface area contributed by atoms with E-state index in [-0.39, 0.29) is 38.7 Å². The first-order valence-electron chi connectivity index (χ1n) is 17.0. The molecule has 5 aromatic rings. The van der Waals surface area contributed by atoms with Gasteiger partial charge in [0.15, 0.2) is 0 Å². The number of halogens is 3. The van der Waals surface area contributed by atoms with E-state index < -0.39 is 42.8 Å². The monoisotopic (exact) mass is 711 g/mol. The summed E-state index contributed by atoms with van der Waals surface area (Å²) in [5.74, 6) is -1.48. The first kappa shape index (κ1) is 36.9. The van der Waals surface area contributed by atoms with Crippen LogP contribution in [0.15, 0.2) is 157 Å². The Hall–Kier alpha value is -4.84. The first-order chi connectivity index (χ1) is 25.4. The van der Waals surface area contributed by atoms with Gasteiger partial charge in [-0.25, -0.2) is 4.99 Å². The molecule has 5 aromatic carbocycles. The van der Waals surface area contributed by atoms with Crippen LogP contribution in [-0.4, -0.2) is 49.4 Å². The third-order valence-corrected chi connectivity index (χ3v) is 8.30. The van der Waals surface area contributed by atoms with Gasteiger partial charge in [0.1, 0.15) is 24.4 Å². The zero-order chi connectivity index (χ0) is 36.0. The molecule has 0 radical (unpaired) electrons. The molecule has 5 atom stereocenters. The molecule has 1 heterocycles. The summed E-state index contributed by atoms with van der Waals surface area (Å²) in [6.45, 7) is 0.538. The largest absolute Gasteiger partial charge is 0.468 e. The van der Waals surface area contributed by atoms with E-state index in [1.165, 1.54) is 12.1 Å². The highest BCUT2D eigenvalue weighted by atomic mass is 19.4. The number of aliphatic imine (C=N–C) groups is 1. The number of hydrogen-bond acceptors (Lipinski definition) is 7. The molecule has 1 aliphatic heterocycles. The molecule has 10 heteroatoms. The molecule has 0 amide bonds. The predicted octanol–water partition coefficient (Wildman–Crippen LogP) is 8.99. The van der Waals surface area contributed by atoms with Crippen molar-refractivity contribution in [2.45, 2.75) is 63.3 Å². The lowest BCUT2D eigenvalue weighted by molar-refractivity contribution is -0.316. The van der Waals surface area contributed by atoms with E-state index in [0.29, 0.717) is 0 Å². The van der Waals surface area contributed by atoms with Gasteiger partial charge in [-0.1, -0.05) is 140 Å². The molecule has 6 rings (SSSR count). The number of hydrogen-bond donors (Lipinski definition) is 0. The van der Waals surface area contributed by atoms with Crippen molar-refractivity contribution in [3.8, 4) is 0 Å². The Morgan fingerprint density at radius 2 is 0.923 bits per heavy atom. The Balaban J connectivity index is 1.37. The van der Waals surface area contributed by atoms with Gasteiger partial charge in [0.25, 0.3) is 5.90 Å². The second-order valence-electron chi connectivity index (χ2n) is 12.2. The maximum absolute atomic E-state index is 14.6.